The first-order valence-electron chi connectivity index (χ1n) is 7.57. The molecule has 3 aromatic rings. The highest BCUT2D eigenvalue weighted by atomic mass is 16.3. The predicted molar refractivity (Wildman–Crippen MR) is 96.2 cm³/mol. The van der Waals surface area contributed by atoms with E-state index in [9.17, 15) is 0 Å². The molecule has 0 saturated heterocycles. The van der Waals surface area contributed by atoms with Gasteiger partial charge in [0.1, 0.15) is 5.75 Å². The number of aromatic hydroxyl groups is 3. The SMILES string of the molecule is OCc1ccccc1.OCc1ccccc1.Oc1ccc(O)c(O)c1. The molecule has 5 heteroatoms. The second-order valence-corrected chi connectivity index (χ2v) is 4.96. The highest BCUT2D eigenvalue weighted by Crippen LogP contribution is 2.27. The maximum absolute atomic E-state index is 8.69. The van der Waals surface area contributed by atoms with E-state index >= 15 is 0 Å². The Bertz CT molecular complexity index is 675. The molecular formula is C20H22O5. The number of benzene rings is 3. The first kappa shape index (κ1) is 20.0. The van der Waals surface area contributed by atoms with Crippen molar-refractivity contribution in [3.8, 4) is 17.2 Å². The summed E-state index contributed by atoms with van der Waals surface area (Å²) in [5, 5.41) is 43.1. The van der Waals surface area contributed by atoms with Gasteiger partial charge in [0.15, 0.2) is 11.5 Å². The summed E-state index contributed by atoms with van der Waals surface area (Å²) in [6.07, 6.45) is 0. The molecule has 0 atom stereocenters. The molecule has 3 aromatic carbocycles. The summed E-state index contributed by atoms with van der Waals surface area (Å²) in [6.45, 7) is 0.279. The maximum Gasteiger partial charge on any atom is 0.161 e. The van der Waals surface area contributed by atoms with Gasteiger partial charge in [-0.15, -0.1) is 0 Å². The quantitative estimate of drug-likeness (QED) is 0.364. The zero-order valence-electron chi connectivity index (χ0n) is 13.7. The molecule has 0 aliphatic rings. The van der Waals surface area contributed by atoms with Crippen LogP contribution in [0.5, 0.6) is 17.2 Å². The van der Waals surface area contributed by atoms with Crippen molar-refractivity contribution in [1.29, 1.82) is 0 Å². The maximum atomic E-state index is 8.69. The van der Waals surface area contributed by atoms with Crippen LogP contribution < -0.4 is 0 Å². The average molecular weight is 342 g/mol. The van der Waals surface area contributed by atoms with E-state index in [0.717, 1.165) is 17.2 Å². The Morgan fingerprint density at radius 2 is 0.960 bits per heavy atom. The number of phenols is 3. The average Bonchev–Trinajstić information content (AvgIpc) is 2.67. The molecule has 0 bridgehead atoms. The van der Waals surface area contributed by atoms with Crippen molar-refractivity contribution in [1.82, 2.24) is 0 Å². The van der Waals surface area contributed by atoms with Crippen LogP contribution in [0.3, 0.4) is 0 Å². The molecule has 0 spiro atoms. The molecule has 0 aromatic heterocycles. The Balaban J connectivity index is 0.000000188. The second kappa shape index (κ2) is 11.5. The Hall–Kier alpha value is -3.02. The van der Waals surface area contributed by atoms with Crippen LogP contribution in [0.25, 0.3) is 0 Å². The normalized spacial score (nSPS) is 9.20. The lowest BCUT2D eigenvalue weighted by Crippen LogP contribution is -1.77. The summed E-state index contributed by atoms with van der Waals surface area (Å²) in [4.78, 5) is 0. The van der Waals surface area contributed by atoms with E-state index in [0.29, 0.717) is 0 Å². The number of aliphatic hydroxyl groups is 2. The monoisotopic (exact) mass is 342 g/mol. The van der Waals surface area contributed by atoms with Crippen LogP contribution in [0.4, 0.5) is 0 Å². The first-order chi connectivity index (χ1) is 12.1. The Morgan fingerprint density at radius 3 is 1.24 bits per heavy atom. The van der Waals surface area contributed by atoms with Crippen LogP contribution in [0.1, 0.15) is 11.1 Å². The van der Waals surface area contributed by atoms with Gasteiger partial charge in [0.2, 0.25) is 0 Å². The van der Waals surface area contributed by atoms with Gasteiger partial charge in [0.25, 0.3) is 0 Å². The van der Waals surface area contributed by atoms with Gasteiger partial charge in [-0.25, -0.2) is 0 Å². The second-order valence-electron chi connectivity index (χ2n) is 4.96. The third-order valence-corrected chi connectivity index (χ3v) is 3.01. The summed E-state index contributed by atoms with van der Waals surface area (Å²) in [7, 11) is 0. The highest BCUT2D eigenvalue weighted by Gasteiger charge is 1.96. The minimum absolute atomic E-state index is 0.0645. The smallest absolute Gasteiger partial charge is 0.161 e. The third-order valence-electron chi connectivity index (χ3n) is 3.01. The molecule has 0 radical (unpaired) electrons. The van der Waals surface area contributed by atoms with Crippen molar-refractivity contribution in [2.45, 2.75) is 13.2 Å². The van der Waals surface area contributed by atoms with Crippen LogP contribution in [-0.2, 0) is 13.2 Å². The molecule has 132 valence electrons. The minimum atomic E-state index is -0.310. The summed E-state index contributed by atoms with van der Waals surface area (Å²) in [6, 6.07) is 22.6. The zero-order chi connectivity index (χ0) is 18.5. The molecule has 25 heavy (non-hydrogen) atoms. The standard InChI is InChI=1S/2C7H8O.C6H6O3/c2*8-6-7-4-2-1-3-5-7;7-4-1-2-5(8)6(9)3-4/h2*1-5,8H,6H2;1-3,7-9H. The molecule has 3 rings (SSSR count). The van der Waals surface area contributed by atoms with E-state index in [2.05, 4.69) is 0 Å². The van der Waals surface area contributed by atoms with E-state index in [-0.39, 0.29) is 30.5 Å². The molecule has 0 amide bonds. The molecular weight excluding hydrogens is 320 g/mol. The zero-order valence-corrected chi connectivity index (χ0v) is 13.7. The number of hydrogen-bond donors (Lipinski definition) is 5. The Kier molecular flexibility index (Phi) is 9.22. The van der Waals surface area contributed by atoms with Crippen molar-refractivity contribution in [2.75, 3.05) is 0 Å². The largest absolute Gasteiger partial charge is 0.508 e. The molecule has 0 fully saturated rings. The van der Waals surface area contributed by atoms with E-state index in [4.69, 9.17) is 25.5 Å². The first-order valence-corrected chi connectivity index (χ1v) is 7.57. The number of phenolic OH excluding ortho intramolecular Hbond substituents is 3. The van der Waals surface area contributed by atoms with Gasteiger partial charge in [-0.1, -0.05) is 60.7 Å². The number of hydrogen-bond acceptors (Lipinski definition) is 5. The summed E-state index contributed by atoms with van der Waals surface area (Å²) >= 11 is 0. The van der Waals surface area contributed by atoms with Crippen LogP contribution in [0.2, 0.25) is 0 Å². The fraction of sp³-hybridized carbons (Fsp3) is 0.100. The summed E-state index contributed by atoms with van der Waals surface area (Å²) < 4.78 is 0. The molecule has 5 N–H and O–H groups in total. The van der Waals surface area contributed by atoms with Crippen molar-refractivity contribution >= 4 is 0 Å². The van der Waals surface area contributed by atoms with Gasteiger partial charge in [0.05, 0.1) is 13.2 Å². The lowest BCUT2D eigenvalue weighted by molar-refractivity contribution is 0.281. The van der Waals surface area contributed by atoms with E-state index in [1.54, 1.807) is 0 Å². The van der Waals surface area contributed by atoms with Gasteiger partial charge in [-0.3, -0.25) is 0 Å². The Morgan fingerprint density at radius 1 is 0.520 bits per heavy atom. The van der Waals surface area contributed by atoms with Crippen LogP contribution >= 0.6 is 0 Å². The predicted octanol–water partition coefficient (Wildman–Crippen LogP) is 3.16. The van der Waals surface area contributed by atoms with E-state index in [1.807, 2.05) is 60.7 Å². The third kappa shape index (κ3) is 8.41. The number of rotatable bonds is 2. The molecule has 0 aliphatic carbocycles. The van der Waals surface area contributed by atoms with Crippen LogP contribution in [0, 0.1) is 0 Å². The van der Waals surface area contributed by atoms with Crippen molar-refractivity contribution in [3.63, 3.8) is 0 Å². The van der Waals surface area contributed by atoms with Crippen LogP contribution in [-0.4, -0.2) is 25.5 Å². The molecule has 0 aliphatic heterocycles. The lowest BCUT2D eigenvalue weighted by atomic mass is 10.2. The number of aliphatic hydroxyl groups excluding tert-OH is 2. The Labute approximate surface area is 146 Å². The summed E-state index contributed by atoms with van der Waals surface area (Å²) in [5.41, 5.74) is 1.93. The minimum Gasteiger partial charge on any atom is -0.508 e. The molecule has 0 heterocycles. The highest BCUT2D eigenvalue weighted by molar-refractivity contribution is 5.42. The lowest BCUT2D eigenvalue weighted by Gasteiger charge is -1.95. The van der Waals surface area contributed by atoms with Gasteiger partial charge >= 0.3 is 0 Å². The van der Waals surface area contributed by atoms with Crippen molar-refractivity contribution in [3.05, 3.63) is 90.0 Å². The molecule has 0 saturated carbocycles. The molecule has 0 unspecified atom stereocenters. The fourth-order valence-electron chi connectivity index (χ4n) is 1.68. The van der Waals surface area contributed by atoms with Gasteiger partial charge in [0, 0.05) is 6.07 Å². The van der Waals surface area contributed by atoms with Crippen molar-refractivity contribution < 1.29 is 25.5 Å². The topological polar surface area (TPSA) is 101 Å². The van der Waals surface area contributed by atoms with Crippen molar-refractivity contribution in [2.24, 2.45) is 0 Å². The fourth-order valence-corrected chi connectivity index (χ4v) is 1.68. The van der Waals surface area contributed by atoms with Gasteiger partial charge in [-0.05, 0) is 23.3 Å². The van der Waals surface area contributed by atoms with Gasteiger partial charge < -0.3 is 25.5 Å². The van der Waals surface area contributed by atoms with Gasteiger partial charge in [-0.2, -0.15) is 0 Å². The van der Waals surface area contributed by atoms with E-state index in [1.165, 1.54) is 12.1 Å². The van der Waals surface area contributed by atoms with E-state index < -0.39 is 0 Å². The van der Waals surface area contributed by atoms with Crippen LogP contribution in [0.15, 0.2) is 78.9 Å². The summed E-state index contributed by atoms with van der Waals surface area (Å²) in [5.74, 6) is -0.604. The molecule has 5 nitrogen and oxygen atoms in total.